The first-order valence-electron chi connectivity index (χ1n) is 6.69. The van der Waals surface area contributed by atoms with Crippen LogP contribution in [-0.4, -0.2) is 22.9 Å². The Morgan fingerprint density at radius 1 is 1.09 bits per heavy atom. The van der Waals surface area contributed by atoms with Gasteiger partial charge in [0.25, 0.3) is 0 Å². The van der Waals surface area contributed by atoms with Crippen molar-refractivity contribution in [2.45, 2.75) is 17.2 Å². The molecule has 0 aliphatic rings. The van der Waals surface area contributed by atoms with Crippen molar-refractivity contribution < 1.29 is 23.1 Å². The van der Waals surface area contributed by atoms with E-state index in [1.54, 1.807) is 0 Å². The smallest absolute Gasteiger partial charge is 0.379 e. The summed E-state index contributed by atoms with van der Waals surface area (Å²) < 4.78 is 38.0. The molecule has 2 N–H and O–H groups in total. The molecule has 0 radical (unpaired) electrons. The Morgan fingerprint density at radius 3 is 2.35 bits per heavy atom. The van der Waals surface area contributed by atoms with Crippen LogP contribution in [0.1, 0.15) is 11.7 Å². The molecular weight excluding hydrogens is 327 g/mol. The average molecular weight is 341 g/mol. The molecule has 3 nitrogen and oxygen atoms in total. The van der Waals surface area contributed by atoms with E-state index in [4.69, 9.17) is 0 Å². The number of para-hydroxylation sites is 1. The number of nitrogens with one attached hydrogen (secondary N) is 1. The van der Waals surface area contributed by atoms with Crippen LogP contribution >= 0.6 is 11.8 Å². The van der Waals surface area contributed by atoms with Crippen molar-refractivity contribution in [3.8, 4) is 0 Å². The van der Waals surface area contributed by atoms with Gasteiger partial charge in [0.15, 0.2) is 6.10 Å². The predicted molar refractivity (Wildman–Crippen MR) is 83.3 cm³/mol. The van der Waals surface area contributed by atoms with Crippen molar-refractivity contribution >= 4 is 23.4 Å². The number of halogens is 3. The maximum Gasteiger partial charge on any atom is 0.418 e. The molecule has 2 rings (SSSR count). The van der Waals surface area contributed by atoms with Gasteiger partial charge in [0.05, 0.1) is 5.75 Å². The van der Waals surface area contributed by atoms with Gasteiger partial charge in [0, 0.05) is 16.1 Å². The zero-order valence-electron chi connectivity index (χ0n) is 11.9. The van der Waals surface area contributed by atoms with Crippen LogP contribution in [0.3, 0.4) is 0 Å². The Bertz CT molecular complexity index is 662. The molecular formula is C16H14F3NO2S. The van der Waals surface area contributed by atoms with Crippen LogP contribution in [0.2, 0.25) is 0 Å². The molecule has 23 heavy (non-hydrogen) atoms. The van der Waals surface area contributed by atoms with Crippen LogP contribution in [0.5, 0.6) is 0 Å². The van der Waals surface area contributed by atoms with E-state index in [9.17, 15) is 23.1 Å². The van der Waals surface area contributed by atoms with E-state index in [1.165, 1.54) is 30.0 Å². The second kappa shape index (κ2) is 7.52. The van der Waals surface area contributed by atoms with Crippen LogP contribution < -0.4 is 5.32 Å². The monoisotopic (exact) mass is 341 g/mol. The van der Waals surface area contributed by atoms with Crippen molar-refractivity contribution in [2.75, 3.05) is 11.1 Å². The number of thioether (sulfide) groups is 1. The van der Waals surface area contributed by atoms with Gasteiger partial charge in [-0.25, -0.2) is 0 Å². The van der Waals surface area contributed by atoms with Crippen molar-refractivity contribution in [2.24, 2.45) is 0 Å². The third-order valence-corrected chi connectivity index (χ3v) is 3.96. The average Bonchev–Trinajstić information content (AvgIpc) is 2.53. The number of alkyl halides is 3. The van der Waals surface area contributed by atoms with Gasteiger partial charge in [-0.3, -0.25) is 4.79 Å². The molecule has 2 aromatic carbocycles. The summed E-state index contributed by atoms with van der Waals surface area (Å²) in [6.07, 6.45) is -7.43. The molecule has 1 amide bonds. The number of hydrogen-bond donors (Lipinski definition) is 2. The van der Waals surface area contributed by atoms with Crippen molar-refractivity contribution in [3.05, 3.63) is 60.2 Å². The quantitative estimate of drug-likeness (QED) is 0.808. The molecule has 0 heterocycles. The Hall–Kier alpha value is -1.99. The summed E-state index contributed by atoms with van der Waals surface area (Å²) in [5.74, 6) is -0.388. The van der Waals surface area contributed by atoms with Crippen LogP contribution in [0.4, 0.5) is 18.9 Å². The first-order valence-corrected chi connectivity index (χ1v) is 7.68. The molecule has 1 atom stereocenters. The molecule has 0 saturated heterocycles. The lowest BCUT2D eigenvalue weighted by atomic mass is 10.1. The van der Waals surface area contributed by atoms with E-state index < -0.39 is 18.2 Å². The highest BCUT2D eigenvalue weighted by molar-refractivity contribution is 8.00. The van der Waals surface area contributed by atoms with E-state index in [0.717, 1.165) is 11.0 Å². The van der Waals surface area contributed by atoms with Crippen molar-refractivity contribution in [1.82, 2.24) is 0 Å². The number of carbonyl (C=O) groups is 1. The zero-order valence-corrected chi connectivity index (χ0v) is 12.7. The summed E-state index contributed by atoms with van der Waals surface area (Å²) in [4.78, 5) is 12.8. The molecule has 0 spiro atoms. The summed E-state index contributed by atoms with van der Waals surface area (Å²) in [5, 5.41) is 11.8. The highest BCUT2D eigenvalue weighted by Crippen LogP contribution is 2.36. The number of carbonyl (C=O) groups excluding carboxylic acids is 1. The Morgan fingerprint density at radius 2 is 1.70 bits per heavy atom. The minimum Gasteiger partial charge on any atom is -0.379 e. The van der Waals surface area contributed by atoms with Crippen LogP contribution in [0, 0.1) is 0 Å². The maximum absolute atomic E-state index is 12.7. The normalized spacial score (nSPS) is 12.7. The first-order chi connectivity index (χ1) is 10.9. The molecule has 7 heteroatoms. The van der Waals surface area contributed by atoms with E-state index in [1.807, 2.05) is 30.3 Å². The minimum atomic E-state index is -4.79. The fourth-order valence-corrected chi connectivity index (χ4v) is 2.60. The summed E-state index contributed by atoms with van der Waals surface area (Å²) in [5.41, 5.74) is -0.422. The van der Waals surface area contributed by atoms with Crippen molar-refractivity contribution in [1.29, 1.82) is 0 Å². The fourth-order valence-electron chi connectivity index (χ4n) is 1.88. The van der Waals surface area contributed by atoms with Gasteiger partial charge < -0.3 is 10.4 Å². The van der Waals surface area contributed by atoms with Gasteiger partial charge in [0.2, 0.25) is 5.91 Å². The fraction of sp³-hybridized carbons (Fsp3) is 0.188. The number of aliphatic hydroxyl groups is 1. The summed E-state index contributed by atoms with van der Waals surface area (Å²) >= 11 is 1.27. The maximum atomic E-state index is 12.7. The van der Waals surface area contributed by atoms with Gasteiger partial charge in [-0.05, 0) is 18.2 Å². The molecule has 0 aliphatic carbocycles. The number of benzene rings is 2. The van der Waals surface area contributed by atoms with Crippen LogP contribution in [-0.2, 0) is 4.79 Å². The van der Waals surface area contributed by atoms with Gasteiger partial charge >= 0.3 is 6.18 Å². The summed E-state index contributed by atoms with van der Waals surface area (Å²) in [6.45, 7) is 0. The summed E-state index contributed by atoms with van der Waals surface area (Å²) in [6, 6.07) is 14.5. The molecule has 0 unspecified atom stereocenters. The number of anilines is 1. The first kappa shape index (κ1) is 17.4. The third kappa shape index (κ3) is 5.01. The van der Waals surface area contributed by atoms with Crippen molar-refractivity contribution in [3.63, 3.8) is 0 Å². The topological polar surface area (TPSA) is 49.3 Å². The van der Waals surface area contributed by atoms with E-state index in [2.05, 4.69) is 5.32 Å². The van der Waals surface area contributed by atoms with E-state index in [-0.39, 0.29) is 17.0 Å². The number of rotatable bonds is 5. The Balaban J connectivity index is 2.04. The number of hydrogen-bond acceptors (Lipinski definition) is 3. The second-order valence-electron chi connectivity index (χ2n) is 4.68. The van der Waals surface area contributed by atoms with Gasteiger partial charge in [-0.15, -0.1) is 11.8 Å². The summed E-state index contributed by atoms with van der Waals surface area (Å²) in [7, 11) is 0. The standard InChI is InChI=1S/C16H14F3NO2S/c17-16(18,19)15(22)12-8-4-5-9-13(12)20-14(21)10-23-11-6-2-1-3-7-11/h1-9,15,22H,10H2,(H,20,21)/t15-/m0/s1. The molecule has 0 aromatic heterocycles. The van der Waals surface area contributed by atoms with E-state index >= 15 is 0 Å². The highest BCUT2D eigenvalue weighted by atomic mass is 32.2. The number of amides is 1. The third-order valence-electron chi connectivity index (χ3n) is 2.95. The molecule has 0 saturated carbocycles. The lowest BCUT2D eigenvalue weighted by Crippen LogP contribution is -2.23. The Kier molecular flexibility index (Phi) is 5.68. The van der Waals surface area contributed by atoms with Gasteiger partial charge in [-0.1, -0.05) is 36.4 Å². The molecule has 0 bridgehead atoms. The van der Waals surface area contributed by atoms with Crippen LogP contribution in [0.15, 0.2) is 59.5 Å². The molecule has 0 fully saturated rings. The SMILES string of the molecule is O=C(CSc1ccccc1)Nc1ccccc1[C@H](O)C(F)(F)F. The largest absolute Gasteiger partial charge is 0.418 e. The van der Waals surface area contributed by atoms with Gasteiger partial charge in [-0.2, -0.15) is 13.2 Å². The lowest BCUT2D eigenvalue weighted by Gasteiger charge is -2.18. The molecule has 0 aliphatic heterocycles. The second-order valence-corrected chi connectivity index (χ2v) is 5.73. The Labute approximate surface area is 135 Å². The predicted octanol–water partition coefficient (Wildman–Crippen LogP) is 4.01. The molecule has 122 valence electrons. The van der Waals surface area contributed by atoms with Crippen LogP contribution in [0.25, 0.3) is 0 Å². The number of aliphatic hydroxyl groups excluding tert-OH is 1. The van der Waals surface area contributed by atoms with E-state index in [0.29, 0.717) is 0 Å². The molecule has 2 aromatic rings. The highest BCUT2D eigenvalue weighted by Gasteiger charge is 2.40. The minimum absolute atomic E-state index is 0.0454. The van der Waals surface area contributed by atoms with Gasteiger partial charge in [0.1, 0.15) is 0 Å². The lowest BCUT2D eigenvalue weighted by molar-refractivity contribution is -0.206. The zero-order chi connectivity index (χ0) is 16.9.